The van der Waals surface area contributed by atoms with Gasteiger partial charge in [0.05, 0.1) is 32.5 Å². The zero-order chi connectivity index (χ0) is 21.7. The summed E-state index contributed by atoms with van der Waals surface area (Å²) in [6, 6.07) is 13.1. The molecule has 9 heteroatoms. The molecule has 0 spiro atoms. The Labute approximate surface area is 188 Å². The van der Waals surface area contributed by atoms with Crippen LogP contribution in [0.1, 0.15) is 12.8 Å². The summed E-state index contributed by atoms with van der Waals surface area (Å²) in [6.45, 7) is 1.16. The van der Waals surface area contributed by atoms with Gasteiger partial charge in [-0.3, -0.25) is 0 Å². The minimum Gasteiger partial charge on any atom is -0.344 e. The van der Waals surface area contributed by atoms with Crippen LogP contribution in [0.3, 0.4) is 0 Å². The van der Waals surface area contributed by atoms with Crippen molar-refractivity contribution in [1.82, 2.24) is 24.2 Å². The molecule has 0 saturated carbocycles. The number of benzene rings is 2. The van der Waals surface area contributed by atoms with Crippen molar-refractivity contribution in [3.63, 3.8) is 0 Å². The van der Waals surface area contributed by atoms with Gasteiger partial charge in [-0.05, 0) is 42.7 Å². The molecule has 1 aliphatic rings. The number of thiazole rings is 1. The van der Waals surface area contributed by atoms with Gasteiger partial charge < -0.3 is 4.98 Å². The summed E-state index contributed by atoms with van der Waals surface area (Å²) in [5, 5.41) is 0. The predicted molar refractivity (Wildman–Crippen MR) is 126 cm³/mol. The van der Waals surface area contributed by atoms with E-state index in [1.807, 2.05) is 29.9 Å². The fourth-order valence-electron chi connectivity index (χ4n) is 4.17. The van der Waals surface area contributed by atoms with Crippen LogP contribution in [-0.2, 0) is 10.0 Å². The maximum atomic E-state index is 13.0. The molecule has 0 atom stereocenters. The molecule has 6 rings (SSSR count). The lowest BCUT2D eigenvalue weighted by molar-refractivity contribution is 0.477. The predicted octanol–water partition coefficient (Wildman–Crippen LogP) is 4.69. The summed E-state index contributed by atoms with van der Waals surface area (Å²) in [5.74, 6) is 0. The highest BCUT2D eigenvalue weighted by molar-refractivity contribution is 7.89. The van der Waals surface area contributed by atoms with E-state index >= 15 is 0 Å². The molecule has 0 amide bonds. The summed E-state index contributed by atoms with van der Waals surface area (Å²) in [5.41, 5.74) is 7.59. The van der Waals surface area contributed by atoms with E-state index in [0.29, 0.717) is 29.3 Å². The molecule has 0 unspecified atom stereocenters. The highest BCUT2D eigenvalue weighted by Crippen LogP contribution is 2.32. The second kappa shape index (κ2) is 7.47. The van der Waals surface area contributed by atoms with Crippen LogP contribution < -0.4 is 0 Å². The average molecular weight is 462 g/mol. The largest absolute Gasteiger partial charge is 0.344 e. The minimum absolute atomic E-state index is 0.295. The first-order valence-electron chi connectivity index (χ1n) is 10.4. The Kier molecular flexibility index (Phi) is 4.56. The van der Waals surface area contributed by atoms with Gasteiger partial charge in [0.1, 0.15) is 5.52 Å². The van der Waals surface area contributed by atoms with Gasteiger partial charge in [0, 0.05) is 30.4 Å². The zero-order valence-corrected chi connectivity index (χ0v) is 18.7. The number of nitrogens with zero attached hydrogens (tertiary/aromatic N) is 4. The SMILES string of the molecule is O=S(=O)(c1cccc(-c2cnc3[nH]cc(-c4ccc5ncsc5c4)c3n2)c1)N1CCCC1. The Morgan fingerprint density at radius 2 is 1.88 bits per heavy atom. The van der Waals surface area contributed by atoms with Gasteiger partial charge in [0.2, 0.25) is 10.0 Å². The van der Waals surface area contributed by atoms with Crippen molar-refractivity contribution in [2.75, 3.05) is 13.1 Å². The van der Waals surface area contributed by atoms with Crippen LogP contribution >= 0.6 is 11.3 Å². The monoisotopic (exact) mass is 461 g/mol. The summed E-state index contributed by atoms with van der Waals surface area (Å²) < 4.78 is 28.7. The molecule has 7 nitrogen and oxygen atoms in total. The standard InChI is InChI=1S/C23H19N5O2S2/c29-32(30,28-8-1-2-9-28)17-5-3-4-16(10-17)20-13-25-23-22(27-20)18(12-24-23)15-6-7-19-21(11-15)31-14-26-19/h3-7,10-14H,1-2,8-9H2,(H,24,25). The molecule has 0 radical (unpaired) electrons. The lowest BCUT2D eigenvalue weighted by atomic mass is 10.1. The molecule has 1 fully saturated rings. The van der Waals surface area contributed by atoms with Crippen molar-refractivity contribution in [1.29, 1.82) is 0 Å². The molecule has 1 N–H and O–H groups in total. The third kappa shape index (κ3) is 3.21. The van der Waals surface area contributed by atoms with Crippen LogP contribution in [0.5, 0.6) is 0 Å². The van der Waals surface area contributed by atoms with Crippen LogP contribution in [0.2, 0.25) is 0 Å². The van der Waals surface area contributed by atoms with Gasteiger partial charge in [-0.1, -0.05) is 18.2 Å². The maximum Gasteiger partial charge on any atom is 0.243 e. The van der Waals surface area contributed by atoms with E-state index in [0.717, 1.165) is 45.3 Å². The Hall–Kier alpha value is -3.14. The highest BCUT2D eigenvalue weighted by Gasteiger charge is 2.27. The first-order valence-corrected chi connectivity index (χ1v) is 12.7. The van der Waals surface area contributed by atoms with E-state index in [9.17, 15) is 8.42 Å². The van der Waals surface area contributed by atoms with Gasteiger partial charge in [-0.15, -0.1) is 11.3 Å². The van der Waals surface area contributed by atoms with Crippen LogP contribution in [0.15, 0.2) is 65.3 Å². The van der Waals surface area contributed by atoms with Crippen LogP contribution in [0, 0.1) is 0 Å². The topological polar surface area (TPSA) is 91.8 Å². The first kappa shape index (κ1) is 19.5. The zero-order valence-electron chi connectivity index (χ0n) is 17.0. The third-order valence-corrected chi connectivity index (χ3v) is 8.54. The minimum atomic E-state index is -3.49. The number of aromatic nitrogens is 4. The van der Waals surface area contributed by atoms with E-state index in [4.69, 9.17) is 4.98 Å². The normalized spacial score (nSPS) is 15.1. The van der Waals surface area contributed by atoms with Crippen molar-refractivity contribution in [2.45, 2.75) is 17.7 Å². The molecule has 0 aliphatic carbocycles. The van der Waals surface area contributed by atoms with E-state index in [1.54, 1.807) is 40.0 Å². The van der Waals surface area contributed by atoms with E-state index in [2.05, 4.69) is 21.0 Å². The number of hydrogen-bond donors (Lipinski definition) is 1. The smallest absolute Gasteiger partial charge is 0.243 e. The van der Waals surface area contributed by atoms with Crippen molar-refractivity contribution in [2.24, 2.45) is 0 Å². The van der Waals surface area contributed by atoms with E-state index < -0.39 is 10.0 Å². The number of aromatic amines is 1. The summed E-state index contributed by atoms with van der Waals surface area (Å²) in [4.78, 5) is 17.2. The quantitative estimate of drug-likeness (QED) is 0.419. The molecule has 2 aromatic carbocycles. The summed E-state index contributed by atoms with van der Waals surface area (Å²) in [6.07, 6.45) is 5.40. The molecule has 4 heterocycles. The molecular formula is C23H19N5O2S2. The Morgan fingerprint density at radius 1 is 1.00 bits per heavy atom. The Morgan fingerprint density at radius 3 is 2.75 bits per heavy atom. The van der Waals surface area contributed by atoms with Gasteiger partial charge in [0.25, 0.3) is 0 Å². The number of nitrogens with one attached hydrogen (secondary N) is 1. The second-order valence-corrected chi connectivity index (χ2v) is 10.7. The number of fused-ring (bicyclic) bond motifs is 2. The fraction of sp³-hybridized carbons (Fsp3) is 0.174. The van der Waals surface area contributed by atoms with Crippen molar-refractivity contribution in [3.8, 4) is 22.4 Å². The van der Waals surface area contributed by atoms with Crippen molar-refractivity contribution >= 4 is 42.7 Å². The Bertz CT molecular complexity index is 1570. The summed E-state index contributed by atoms with van der Waals surface area (Å²) in [7, 11) is -3.49. The molecule has 3 aromatic heterocycles. The fourth-order valence-corrected chi connectivity index (χ4v) is 6.45. The van der Waals surface area contributed by atoms with E-state index in [-0.39, 0.29) is 0 Å². The van der Waals surface area contributed by atoms with Crippen LogP contribution in [0.25, 0.3) is 43.8 Å². The van der Waals surface area contributed by atoms with Gasteiger partial charge >= 0.3 is 0 Å². The van der Waals surface area contributed by atoms with Gasteiger partial charge in [-0.25, -0.2) is 23.4 Å². The first-order chi connectivity index (χ1) is 15.6. The number of hydrogen-bond acceptors (Lipinski definition) is 6. The van der Waals surface area contributed by atoms with Crippen LogP contribution in [-0.4, -0.2) is 45.7 Å². The molecule has 1 saturated heterocycles. The summed E-state index contributed by atoms with van der Waals surface area (Å²) >= 11 is 1.60. The molecule has 0 bridgehead atoms. The second-order valence-electron chi connectivity index (χ2n) is 7.83. The van der Waals surface area contributed by atoms with Crippen LogP contribution in [0.4, 0.5) is 0 Å². The van der Waals surface area contributed by atoms with Gasteiger partial charge in [-0.2, -0.15) is 4.31 Å². The van der Waals surface area contributed by atoms with Gasteiger partial charge in [0.15, 0.2) is 5.65 Å². The van der Waals surface area contributed by atoms with Crippen molar-refractivity contribution < 1.29 is 8.42 Å². The molecular weight excluding hydrogens is 442 g/mol. The highest BCUT2D eigenvalue weighted by atomic mass is 32.2. The maximum absolute atomic E-state index is 13.0. The number of H-pyrrole nitrogens is 1. The number of rotatable bonds is 4. The lowest BCUT2D eigenvalue weighted by Gasteiger charge is -2.16. The molecule has 1 aliphatic heterocycles. The Balaban J connectivity index is 1.43. The van der Waals surface area contributed by atoms with Crippen molar-refractivity contribution in [3.05, 3.63) is 60.4 Å². The molecule has 32 heavy (non-hydrogen) atoms. The average Bonchev–Trinajstić information content (AvgIpc) is 3.59. The molecule has 160 valence electrons. The molecule has 5 aromatic rings. The third-order valence-electron chi connectivity index (χ3n) is 5.86. The number of sulfonamides is 1. The lowest BCUT2D eigenvalue weighted by Crippen LogP contribution is -2.27. The van der Waals surface area contributed by atoms with E-state index in [1.165, 1.54) is 0 Å².